The van der Waals surface area contributed by atoms with Gasteiger partial charge in [0.15, 0.2) is 5.78 Å². The summed E-state index contributed by atoms with van der Waals surface area (Å²) in [6, 6.07) is 25.6. The van der Waals surface area contributed by atoms with Crippen molar-refractivity contribution in [1.29, 1.82) is 0 Å². The lowest BCUT2D eigenvalue weighted by atomic mass is 9.90. The molecule has 0 radical (unpaired) electrons. The second kappa shape index (κ2) is 7.11. The van der Waals surface area contributed by atoms with Crippen LogP contribution in [-0.4, -0.2) is 17.5 Å². The fraction of sp³-hybridized carbons (Fsp3) is 0.125. The zero-order valence-corrected chi connectivity index (χ0v) is 14.4. The molecule has 1 aliphatic rings. The molecule has 1 aliphatic carbocycles. The lowest BCUT2D eigenvalue weighted by Crippen LogP contribution is -2.01. The fourth-order valence-corrected chi connectivity index (χ4v) is 3.72. The molecule has 0 unspecified atom stereocenters. The minimum absolute atomic E-state index is 0.284. The van der Waals surface area contributed by atoms with Gasteiger partial charge in [-0.3, -0.25) is 4.79 Å². The van der Waals surface area contributed by atoms with Crippen LogP contribution >= 0.6 is 0 Å². The van der Waals surface area contributed by atoms with Gasteiger partial charge in [0.25, 0.3) is 0 Å². The Hall–Kier alpha value is -2.97. The lowest BCUT2D eigenvalue weighted by Gasteiger charge is -2.14. The molecule has 0 fully saturated rings. The predicted molar refractivity (Wildman–Crippen MR) is 105 cm³/mol. The summed E-state index contributed by atoms with van der Waals surface area (Å²) in [4.78, 5) is 11.2. The zero-order valence-electron chi connectivity index (χ0n) is 14.4. The summed E-state index contributed by atoms with van der Waals surface area (Å²) < 4.78 is 0. The van der Waals surface area contributed by atoms with Crippen LogP contribution in [0.3, 0.4) is 0 Å². The van der Waals surface area contributed by atoms with E-state index >= 15 is 0 Å². The van der Waals surface area contributed by atoms with E-state index in [0.717, 1.165) is 12.0 Å². The second-order valence-corrected chi connectivity index (χ2v) is 6.63. The van der Waals surface area contributed by atoms with Crippen molar-refractivity contribution in [3.05, 3.63) is 101 Å². The Bertz CT molecular complexity index is 922. The Kier molecular flexibility index (Phi) is 4.51. The van der Waals surface area contributed by atoms with E-state index in [4.69, 9.17) is 5.11 Å². The molecule has 3 aromatic carbocycles. The minimum Gasteiger partial charge on any atom is -0.388 e. The van der Waals surface area contributed by atoms with Gasteiger partial charge >= 0.3 is 0 Å². The Morgan fingerprint density at radius 3 is 2.00 bits per heavy atom. The quantitative estimate of drug-likeness (QED) is 0.688. The van der Waals surface area contributed by atoms with E-state index in [1.54, 1.807) is 6.08 Å². The molecule has 0 bridgehead atoms. The first-order valence-electron chi connectivity index (χ1n) is 8.85. The Morgan fingerprint density at radius 2 is 1.42 bits per heavy atom. The maximum atomic E-state index is 11.2. The number of ketones is 1. The summed E-state index contributed by atoms with van der Waals surface area (Å²) >= 11 is 0. The first-order chi connectivity index (χ1) is 12.8. The van der Waals surface area contributed by atoms with Crippen LogP contribution in [0.2, 0.25) is 0 Å². The Balaban J connectivity index is 1.60. The Labute approximate surface area is 153 Å². The van der Waals surface area contributed by atoms with Crippen LogP contribution in [0.15, 0.2) is 78.9 Å². The maximum absolute atomic E-state index is 11.2. The average Bonchev–Trinajstić information content (AvgIpc) is 3.01. The SMILES string of the molecule is O=C(/C=C/c1ccc(CC2c3ccccc3-c3ccccc32)cc1)CO. The van der Waals surface area contributed by atoms with Crippen molar-refractivity contribution in [1.82, 2.24) is 0 Å². The van der Waals surface area contributed by atoms with Gasteiger partial charge < -0.3 is 5.11 Å². The number of aliphatic hydroxyl groups is 1. The van der Waals surface area contributed by atoms with Crippen molar-refractivity contribution in [2.24, 2.45) is 0 Å². The molecule has 0 atom stereocenters. The molecule has 0 aliphatic heterocycles. The van der Waals surface area contributed by atoms with E-state index in [1.165, 1.54) is 33.9 Å². The molecule has 0 saturated carbocycles. The van der Waals surface area contributed by atoms with E-state index in [-0.39, 0.29) is 5.78 Å². The lowest BCUT2D eigenvalue weighted by molar-refractivity contribution is -0.117. The smallest absolute Gasteiger partial charge is 0.181 e. The van der Waals surface area contributed by atoms with Crippen molar-refractivity contribution < 1.29 is 9.90 Å². The van der Waals surface area contributed by atoms with Crippen molar-refractivity contribution in [2.75, 3.05) is 6.61 Å². The fourth-order valence-electron chi connectivity index (χ4n) is 3.72. The van der Waals surface area contributed by atoms with Gasteiger partial charge in [0, 0.05) is 5.92 Å². The molecule has 2 heteroatoms. The largest absolute Gasteiger partial charge is 0.388 e. The number of carbonyl (C=O) groups is 1. The number of fused-ring (bicyclic) bond motifs is 3. The molecule has 0 saturated heterocycles. The summed E-state index contributed by atoms with van der Waals surface area (Å²) in [6.07, 6.45) is 4.11. The summed E-state index contributed by atoms with van der Waals surface area (Å²) in [5.74, 6) is 0.0907. The number of aliphatic hydroxyl groups excluding tert-OH is 1. The average molecular weight is 340 g/mol. The van der Waals surface area contributed by atoms with E-state index in [9.17, 15) is 4.79 Å². The van der Waals surface area contributed by atoms with Gasteiger partial charge in [-0.05, 0) is 45.9 Å². The highest BCUT2D eigenvalue weighted by molar-refractivity contribution is 5.94. The third kappa shape index (κ3) is 3.12. The summed E-state index contributed by atoms with van der Waals surface area (Å²) in [5, 5.41) is 8.78. The van der Waals surface area contributed by atoms with E-state index in [0.29, 0.717) is 5.92 Å². The third-order valence-electron chi connectivity index (χ3n) is 5.00. The van der Waals surface area contributed by atoms with Crippen LogP contribution < -0.4 is 0 Å². The molecule has 0 aromatic heterocycles. The number of rotatable bonds is 5. The molecule has 3 aromatic rings. The minimum atomic E-state index is -0.449. The highest BCUT2D eigenvalue weighted by Gasteiger charge is 2.27. The standard InChI is InChI=1S/C24H20O2/c25-16-19(26)14-13-17-9-11-18(12-10-17)15-24-22-7-3-1-5-20(22)21-6-2-4-8-23(21)24/h1-14,24-25H,15-16H2/b14-13+. The highest BCUT2D eigenvalue weighted by Crippen LogP contribution is 2.45. The van der Waals surface area contributed by atoms with Crippen molar-refractivity contribution in [3.8, 4) is 11.1 Å². The first kappa shape index (κ1) is 16.5. The zero-order chi connectivity index (χ0) is 17.9. The van der Waals surface area contributed by atoms with Crippen molar-refractivity contribution >= 4 is 11.9 Å². The number of benzene rings is 3. The maximum Gasteiger partial charge on any atom is 0.181 e. The first-order valence-corrected chi connectivity index (χ1v) is 8.85. The van der Waals surface area contributed by atoms with Crippen molar-refractivity contribution in [2.45, 2.75) is 12.3 Å². The molecule has 1 N–H and O–H groups in total. The van der Waals surface area contributed by atoms with E-state index in [2.05, 4.69) is 60.7 Å². The predicted octanol–water partition coefficient (Wildman–Crippen LogP) is 4.62. The molecular weight excluding hydrogens is 320 g/mol. The molecule has 0 amide bonds. The summed E-state index contributed by atoms with van der Waals surface area (Å²) in [7, 11) is 0. The second-order valence-electron chi connectivity index (χ2n) is 6.63. The molecule has 26 heavy (non-hydrogen) atoms. The molecule has 2 nitrogen and oxygen atoms in total. The van der Waals surface area contributed by atoms with E-state index in [1.807, 2.05) is 12.1 Å². The number of carbonyl (C=O) groups excluding carboxylic acids is 1. The van der Waals surface area contributed by atoms with Gasteiger partial charge in [0.05, 0.1) is 0 Å². The van der Waals surface area contributed by atoms with Gasteiger partial charge in [0.1, 0.15) is 6.61 Å². The number of hydrogen-bond donors (Lipinski definition) is 1. The van der Waals surface area contributed by atoms with Crippen LogP contribution in [0.4, 0.5) is 0 Å². The van der Waals surface area contributed by atoms with Gasteiger partial charge in [-0.2, -0.15) is 0 Å². The van der Waals surface area contributed by atoms with E-state index < -0.39 is 6.61 Å². The van der Waals surface area contributed by atoms with Gasteiger partial charge in [-0.15, -0.1) is 0 Å². The van der Waals surface area contributed by atoms with Gasteiger partial charge in [-0.25, -0.2) is 0 Å². The van der Waals surface area contributed by atoms with Crippen LogP contribution in [0, 0.1) is 0 Å². The Morgan fingerprint density at radius 1 is 0.846 bits per heavy atom. The van der Waals surface area contributed by atoms with Crippen LogP contribution in [0.5, 0.6) is 0 Å². The van der Waals surface area contributed by atoms with Gasteiger partial charge in [0.2, 0.25) is 0 Å². The van der Waals surface area contributed by atoms with Crippen LogP contribution in [-0.2, 0) is 11.2 Å². The normalized spacial score (nSPS) is 13.0. The monoisotopic (exact) mass is 340 g/mol. The van der Waals surface area contributed by atoms with Crippen LogP contribution in [0.1, 0.15) is 28.2 Å². The summed E-state index contributed by atoms with van der Waals surface area (Å²) in [6.45, 7) is -0.449. The van der Waals surface area contributed by atoms with Crippen molar-refractivity contribution in [3.63, 3.8) is 0 Å². The topological polar surface area (TPSA) is 37.3 Å². The van der Waals surface area contributed by atoms with Gasteiger partial charge in [-0.1, -0.05) is 78.9 Å². The number of hydrogen-bond acceptors (Lipinski definition) is 2. The highest BCUT2D eigenvalue weighted by atomic mass is 16.3. The van der Waals surface area contributed by atoms with Crippen LogP contribution in [0.25, 0.3) is 17.2 Å². The molecule has 4 rings (SSSR count). The molecule has 0 spiro atoms. The molecule has 128 valence electrons. The molecular formula is C24H20O2. The molecule has 0 heterocycles. The summed E-state index contributed by atoms with van der Waals surface area (Å²) in [5.41, 5.74) is 7.71. The third-order valence-corrected chi connectivity index (χ3v) is 5.00.